The van der Waals surface area contributed by atoms with Crippen molar-refractivity contribution in [1.82, 2.24) is 17.9 Å². The van der Waals surface area contributed by atoms with Crippen molar-refractivity contribution in [2.24, 2.45) is 0 Å². The van der Waals surface area contributed by atoms with Crippen LogP contribution in [0.25, 0.3) is 120 Å². The van der Waals surface area contributed by atoms with E-state index in [1.165, 1.54) is 98.0 Å². The monoisotopic (exact) mass is 762 g/mol. The van der Waals surface area contributed by atoms with Gasteiger partial charge >= 0.3 is 0 Å². The van der Waals surface area contributed by atoms with Crippen LogP contribution >= 0.6 is 0 Å². The van der Waals surface area contributed by atoms with Gasteiger partial charge in [0.15, 0.2) is 0 Å². The lowest BCUT2D eigenvalue weighted by Gasteiger charge is -2.10. The summed E-state index contributed by atoms with van der Waals surface area (Å²) < 4.78 is 10.0. The van der Waals surface area contributed by atoms with E-state index < -0.39 is 0 Å². The van der Waals surface area contributed by atoms with Crippen molar-refractivity contribution in [2.75, 3.05) is 0 Å². The molecule has 0 unspecified atom stereocenters. The van der Waals surface area contributed by atoms with Crippen LogP contribution in [0.4, 0.5) is 0 Å². The normalized spacial score (nSPS) is 12.3. The number of nitrogens with zero attached hydrogens (tertiary/aromatic N) is 4. The number of fused-ring (bicyclic) bond motifs is 19. The Balaban J connectivity index is 1.34. The van der Waals surface area contributed by atoms with E-state index in [1.54, 1.807) is 0 Å². The molecule has 14 aromatic rings. The molecule has 0 bridgehead atoms. The fourth-order valence-corrected chi connectivity index (χ4v) is 10.7. The predicted octanol–water partition coefficient (Wildman–Crippen LogP) is 14.7. The van der Waals surface area contributed by atoms with E-state index in [0.29, 0.717) is 0 Å². The van der Waals surface area contributed by atoms with Crippen molar-refractivity contribution in [2.45, 2.75) is 0 Å². The van der Waals surface area contributed by atoms with Crippen molar-refractivity contribution in [3.8, 4) is 11.4 Å². The van der Waals surface area contributed by atoms with E-state index in [-0.39, 0.29) is 0 Å². The molecule has 0 N–H and O–H groups in total. The minimum absolute atomic E-state index is 1.15. The Kier molecular flexibility index (Phi) is 6.26. The second-order valence-electron chi connectivity index (χ2n) is 16.1. The molecule has 0 aliphatic rings. The maximum absolute atomic E-state index is 2.57. The van der Waals surface area contributed by atoms with Gasteiger partial charge in [0.2, 0.25) is 0 Å². The molecule has 0 aliphatic carbocycles. The van der Waals surface area contributed by atoms with Gasteiger partial charge in [-0.3, -0.25) is 8.80 Å². The SMILES string of the molecule is c1ccc(-n2c3ccccc3c3cc4c(cc32)c2ccccc2c2cc3c(cc2n2c5ccccc5c5c6ccccc6n4c52)c2ccccc2n3-c2ccccc2)cc1. The molecule has 0 amide bonds. The first-order chi connectivity index (χ1) is 29.8. The fraction of sp³-hybridized carbons (Fsp3) is 0. The first-order valence-electron chi connectivity index (χ1n) is 20.7. The summed E-state index contributed by atoms with van der Waals surface area (Å²) in [5, 5.41) is 13.5. The van der Waals surface area contributed by atoms with Crippen LogP contribution in [-0.2, 0) is 0 Å². The number of aromatic nitrogens is 4. The minimum atomic E-state index is 1.15. The highest BCUT2D eigenvalue weighted by atomic mass is 15.1. The molecule has 0 atom stereocenters. The first-order valence-corrected chi connectivity index (χ1v) is 20.7. The second-order valence-corrected chi connectivity index (χ2v) is 16.1. The zero-order valence-electron chi connectivity index (χ0n) is 32.4. The smallest absolute Gasteiger partial charge is 0.131 e. The van der Waals surface area contributed by atoms with Crippen LogP contribution in [0.15, 0.2) is 206 Å². The molecule has 5 heterocycles. The summed E-state index contributed by atoms with van der Waals surface area (Å²) in [6.07, 6.45) is 0. The zero-order valence-corrected chi connectivity index (χ0v) is 32.4. The number of hydrogen-bond donors (Lipinski definition) is 0. The van der Waals surface area contributed by atoms with Crippen LogP contribution in [0.2, 0.25) is 0 Å². The molecule has 0 fully saturated rings. The largest absolute Gasteiger partial charge is 0.309 e. The Bertz CT molecular complexity index is 3890. The van der Waals surface area contributed by atoms with Gasteiger partial charge in [-0.25, -0.2) is 0 Å². The summed E-state index contributed by atoms with van der Waals surface area (Å²) in [4.78, 5) is 0. The second kappa shape index (κ2) is 11.8. The third-order valence-electron chi connectivity index (χ3n) is 13.1. The topological polar surface area (TPSA) is 18.7 Å². The van der Waals surface area contributed by atoms with Crippen LogP contribution in [-0.4, -0.2) is 17.9 Å². The lowest BCUT2D eigenvalue weighted by Crippen LogP contribution is -1.94. The Labute approximate surface area is 343 Å². The van der Waals surface area contributed by atoms with Gasteiger partial charge in [0.25, 0.3) is 0 Å². The molecule has 0 spiro atoms. The lowest BCUT2D eigenvalue weighted by molar-refractivity contribution is 1.18. The molecule has 4 heteroatoms. The third kappa shape index (κ3) is 4.09. The van der Waals surface area contributed by atoms with Crippen molar-refractivity contribution in [3.05, 3.63) is 206 Å². The molecule has 278 valence electrons. The summed E-state index contributed by atoms with van der Waals surface area (Å²) >= 11 is 0. The van der Waals surface area contributed by atoms with E-state index in [9.17, 15) is 0 Å². The third-order valence-corrected chi connectivity index (χ3v) is 13.1. The number of benzene rings is 9. The zero-order chi connectivity index (χ0) is 39.1. The summed E-state index contributed by atoms with van der Waals surface area (Å²) in [6.45, 7) is 0. The molecule has 4 nitrogen and oxygen atoms in total. The lowest BCUT2D eigenvalue weighted by atomic mass is 10.0. The van der Waals surface area contributed by atoms with E-state index in [1.807, 2.05) is 0 Å². The predicted molar refractivity (Wildman–Crippen MR) is 253 cm³/mol. The van der Waals surface area contributed by atoms with Crippen LogP contribution in [0.3, 0.4) is 0 Å². The van der Waals surface area contributed by atoms with Crippen LogP contribution < -0.4 is 0 Å². The Morgan fingerprint density at radius 2 is 0.533 bits per heavy atom. The van der Waals surface area contributed by atoms with Crippen LogP contribution in [0.5, 0.6) is 0 Å². The molecule has 60 heavy (non-hydrogen) atoms. The average Bonchev–Trinajstić information content (AvgIpc) is 4.03. The number of rotatable bonds is 2. The molecule has 0 aliphatic heterocycles. The van der Waals surface area contributed by atoms with Gasteiger partial charge in [0.1, 0.15) is 5.65 Å². The van der Waals surface area contributed by atoms with Crippen LogP contribution in [0, 0.1) is 0 Å². The van der Waals surface area contributed by atoms with E-state index in [2.05, 4.69) is 224 Å². The molecule has 0 saturated carbocycles. The maximum Gasteiger partial charge on any atom is 0.131 e. The van der Waals surface area contributed by atoms with Crippen molar-refractivity contribution < 1.29 is 0 Å². The van der Waals surface area contributed by atoms with E-state index in [4.69, 9.17) is 0 Å². The van der Waals surface area contributed by atoms with Crippen molar-refractivity contribution in [1.29, 1.82) is 0 Å². The highest BCUT2D eigenvalue weighted by molar-refractivity contribution is 6.27. The van der Waals surface area contributed by atoms with Gasteiger partial charge in [-0.2, -0.15) is 0 Å². The average molecular weight is 763 g/mol. The quantitative estimate of drug-likeness (QED) is 0.167. The summed E-state index contributed by atoms with van der Waals surface area (Å²) in [6, 6.07) is 76.3. The van der Waals surface area contributed by atoms with Gasteiger partial charge < -0.3 is 9.13 Å². The summed E-state index contributed by atoms with van der Waals surface area (Å²) in [7, 11) is 0. The van der Waals surface area contributed by atoms with E-state index >= 15 is 0 Å². The van der Waals surface area contributed by atoms with Crippen molar-refractivity contribution >= 4 is 109 Å². The highest BCUT2D eigenvalue weighted by Crippen LogP contribution is 2.44. The number of hydrogen-bond acceptors (Lipinski definition) is 0. The first kappa shape index (κ1) is 31.9. The van der Waals surface area contributed by atoms with Gasteiger partial charge in [0, 0.05) is 59.9 Å². The number of para-hydroxylation sites is 6. The molecule has 14 rings (SSSR count). The standard InChI is InChI=1S/C56H34N4/c1-3-17-35(18-4-1)57-47-27-13-9-23-39(47)45-33-53-43(31-51(45)57)37-21-7-8-22-38(37)44-32-52-46(40-24-10-14-28-48(40)58(52)36-19-5-2-6-20-36)34-54(44)60-50-30-16-12-26-42(50)55-41-25-11-15-29-49(41)59(53)56(55)60/h1-34H. The summed E-state index contributed by atoms with van der Waals surface area (Å²) in [5.74, 6) is 0. The van der Waals surface area contributed by atoms with Gasteiger partial charge in [0.05, 0.1) is 44.1 Å². The minimum Gasteiger partial charge on any atom is -0.309 e. The molecular formula is C56H34N4. The molecule has 5 aromatic heterocycles. The van der Waals surface area contributed by atoms with Gasteiger partial charge in [-0.15, -0.1) is 0 Å². The molecule has 9 aromatic carbocycles. The summed E-state index contributed by atoms with van der Waals surface area (Å²) in [5.41, 5.74) is 12.9. The van der Waals surface area contributed by atoms with Gasteiger partial charge in [-0.1, -0.05) is 133 Å². The molecule has 0 radical (unpaired) electrons. The maximum atomic E-state index is 2.57. The highest BCUT2D eigenvalue weighted by Gasteiger charge is 2.23. The van der Waals surface area contributed by atoms with Gasteiger partial charge in [-0.05, 0) is 83.6 Å². The Hall–Kier alpha value is -8.08. The van der Waals surface area contributed by atoms with Crippen LogP contribution in [0.1, 0.15) is 0 Å². The molecular weight excluding hydrogens is 729 g/mol. The molecule has 0 saturated heterocycles. The Morgan fingerprint density at radius 3 is 0.967 bits per heavy atom. The Morgan fingerprint density at radius 1 is 0.217 bits per heavy atom. The van der Waals surface area contributed by atoms with Crippen molar-refractivity contribution in [3.63, 3.8) is 0 Å². The van der Waals surface area contributed by atoms with E-state index in [0.717, 1.165) is 22.4 Å². The fourth-order valence-electron chi connectivity index (χ4n) is 10.7.